The van der Waals surface area contributed by atoms with Crippen LogP contribution in [-0.4, -0.2) is 29.6 Å². The summed E-state index contributed by atoms with van der Waals surface area (Å²) in [5, 5.41) is 6.97. The first kappa shape index (κ1) is 15.2. The topological polar surface area (TPSA) is 49.8 Å². The van der Waals surface area contributed by atoms with Gasteiger partial charge in [0.05, 0.1) is 0 Å². The van der Waals surface area contributed by atoms with Crippen LogP contribution in [0.1, 0.15) is 63.9 Å². The maximum absolute atomic E-state index is 4.66. The van der Waals surface area contributed by atoms with Gasteiger partial charge in [-0.2, -0.15) is 0 Å². The van der Waals surface area contributed by atoms with Crippen molar-refractivity contribution in [3.63, 3.8) is 0 Å². The molecular formula is C16H28N4. The third kappa shape index (κ3) is 4.17. The van der Waals surface area contributed by atoms with E-state index in [1.54, 1.807) is 0 Å². The Bertz CT molecular complexity index is 396. The first-order chi connectivity index (χ1) is 9.56. The molecule has 0 radical (unpaired) electrons. The van der Waals surface area contributed by atoms with Crippen molar-refractivity contribution < 1.29 is 0 Å². The molecule has 1 saturated heterocycles. The summed E-state index contributed by atoms with van der Waals surface area (Å²) in [6.45, 7) is 11.9. The minimum absolute atomic E-state index is 0.366. The van der Waals surface area contributed by atoms with E-state index in [1.165, 1.54) is 19.4 Å². The Kier molecular flexibility index (Phi) is 5.35. The van der Waals surface area contributed by atoms with Gasteiger partial charge in [0.25, 0.3) is 0 Å². The largest absolute Gasteiger partial charge is 0.370 e. The predicted octanol–water partition coefficient (Wildman–Crippen LogP) is 3.13. The molecule has 1 atom stereocenters. The molecule has 0 spiro atoms. The molecule has 1 unspecified atom stereocenters. The predicted molar refractivity (Wildman–Crippen MR) is 84.3 cm³/mol. The van der Waals surface area contributed by atoms with Crippen LogP contribution in [0.3, 0.4) is 0 Å². The molecule has 1 aromatic rings. The van der Waals surface area contributed by atoms with E-state index < -0.39 is 0 Å². The summed E-state index contributed by atoms with van der Waals surface area (Å²) < 4.78 is 0. The molecule has 20 heavy (non-hydrogen) atoms. The molecule has 112 valence electrons. The van der Waals surface area contributed by atoms with Gasteiger partial charge in [-0.25, -0.2) is 9.97 Å². The molecule has 1 aliphatic heterocycles. The molecule has 2 N–H and O–H groups in total. The van der Waals surface area contributed by atoms with Crippen molar-refractivity contribution in [2.24, 2.45) is 5.92 Å². The fourth-order valence-electron chi connectivity index (χ4n) is 2.48. The van der Waals surface area contributed by atoms with Crippen molar-refractivity contribution in [1.82, 2.24) is 15.3 Å². The Morgan fingerprint density at radius 3 is 2.65 bits per heavy atom. The highest BCUT2D eigenvalue weighted by Crippen LogP contribution is 2.20. The summed E-state index contributed by atoms with van der Waals surface area (Å²) in [5.41, 5.74) is 1.13. The van der Waals surface area contributed by atoms with Crippen molar-refractivity contribution in [2.75, 3.05) is 25.0 Å². The van der Waals surface area contributed by atoms with Crippen LogP contribution in [0.5, 0.6) is 0 Å². The standard InChI is InChI=1S/C16H28N4/c1-11(2)14-8-15(20-16(19-14)12(3)4)18-10-13-6-5-7-17-9-13/h8,11-13,17H,5-7,9-10H2,1-4H3,(H,18,19,20). The number of piperidine rings is 1. The van der Waals surface area contributed by atoms with E-state index in [0.29, 0.717) is 17.8 Å². The van der Waals surface area contributed by atoms with Gasteiger partial charge >= 0.3 is 0 Å². The first-order valence-electron chi connectivity index (χ1n) is 7.89. The lowest BCUT2D eigenvalue weighted by atomic mass is 10.00. The summed E-state index contributed by atoms with van der Waals surface area (Å²) >= 11 is 0. The second kappa shape index (κ2) is 7.02. The Morgan fingerprint density at radius 2 is 2.05 bits per heavy atom. The molecule has 2 heterocycles. The van der Waals surface area contributed by atoms with Crippen LogP contribution in [-0.2, 0) is 0 Å². The second-order valence-electron chi connectivity index (χ2n) is 6.44. The number of hydrogen-bond donors (Lipinski definition) is 2. The van der Waals surface area contributed by atoms with Crippen LogP contribution < -0.4 is 10.6 Å². The Morgan fingerprint density at radius 1 is 1.25 bits per heavy atom. The fraction of sp³-hybridized carbons (Fsp3) is 0.750. The zero-order valence-electron chi connectivity index (χ0n) is 13.2. The lowest BCUT2D eigenvalue weighted by Crippen LogP contribution is -2.33. The van der Waals surface area contributed by atoms with Crippen LogP contribution in [0.15, 0.2) is 6.07 Å². The fourth-order valence-corrected chi connectivity index (χ4v) is 2.48. The molecular weight excluding hydrogens is 248 g/mol. The Balaban J connectivity index is 2.05. The maximum Gasteiger partial charge on any atom is 0.133 e. The third-order valence-corrected chi connectivity index (χ3v) is 3.84. The molecule has 0 aliphatic carbocycles. The molecule has 0 amide bonds. The third-order valence-electron chi connectivity index (χ3n) is 3.84. The summed E-state index contributed by atoms with van der Waals surface area (Å²) in [6.07, 6.45) is 2.59. The van der Waals surface area contributed by atoms with Crippen LogP contribution in [0.4, 0.5) is 5.82 Å². The monoisotopic (exact) mass is 276 g/mol. The van der Waals surface area contributed by atoms with Gasteiger partial charge in [-0.1, -0.05) is 27.7 Å². The van der Waals surface area contributed by atoms with E-state index in [0.717, 1.165) is 30.4 Å². The van der Waals surface area contributed by atoms with Gasteiger partial charge in [0.2, 0.25) is 0 Å². The number of nitrogens with zero attached hydrogens (tertiary/aromatic N) is 2. The van der Waals surface area contributed by atoms with Crippen molar-refractivity contribution in [3.05, 3.63) is 17.6 Å². The molecule has 4 nitrogen and oxygen atoms in total. The lowest BCUT2D eigenvalue weighted by Gasteiger charge is -2.23. The summed E-state index contributed by atoms with van der Waals surface area (Å²) in [7, 11) is 0. The van der Waals surface area contributed by atoms with Gasteiger partial charge in [-0.3, -0.25) is 0 Å². The lowest BCUT2D eigenvalue weighted by molar-refractivity contribution is 0.392. The molecule has 2 rings (SSSR count). The van der Waals surface area contributed by atoms with E-state index in [4.69, 9.17) is 0 Å². The number of rotatable bonds is 5. The van der Waals surface area contributed by atoms with E-state index in [9.17, 15) is 0 Å². The van der Waals surface area contributed by atoms with E-state index in [-0.39, 0.29) is 0 Å². The normalized spacial score (nSPS) is 19.6. The van der Waals surface area contributed by atoms with Crippen LogP contribution in [0.25, 0.3) is 0 Å². The number of hydrogen-bond acceptors (Lipinski definition) is 4. The molecule has 1 aromatic heterocycles. The summed E-state index contributed by atoms with van der Waals surface area (Å²) in [4.78, 5) is 9.32. The zero-order chi connectivity index (χ0) is 14.5. The van der Waals surface area contributed by atoms with Gasteiger partial charge in [-0.05, 0) is 37.8 Å². The van der Waals surface area contributed by atoms with Gasteiger partial charge in [-0.15, -0.1) is 0 Å². The number of aromatic nitrogens is 2. The number of nitrogens with one attached hydrogen (secondary N) is 2. The SMILES string of the molecule is CC(C)c1cc(NCC2CCCNC2)nc(C(C)C)n1. The first-order valence-corrected chi connectivity index (χ1v) is 7.89. The highest BCUT2D eigenvalue weighted by molar-refractivity contribution is 5.37. The molecule has 0 bridgehead atoms. The summed E-state index contributed by atoms with van der Waals surface area (Å²) in [6, 6.07) is 2.10. The Labute approximate surface area is 122 Å². The van der Waals surface area contributed by atoms with Crippen LogP contribution in [0, 0.1) is 5.92 Å². The number of anilines is 1. The van der Waals surface area contributed by atoms with Gasteiger partial charge in [0, 0.05) is 24.2 Å². The molecule has 0 saturated carbocycles. The van der Waals surface area contributed by atoms with Crippen LogP contribution in [0.2, 0.25) is 0 Å². The maximum atomic E-state index is 4.66. The highest BCUT2D eigenvalue weighted by atomic mass is 15.0. The van der Waals surface area contributed by atoms with E-state index in [1.807, 2.05) is 0 Å². The van der Waals surface area contributed by atoms with E-state index in [2.05, 4.69) is 54.4 Å². The van der Waals surface area contributed by atoms with Crippen LogP contribution >= 0.6 is 0 Å². The van der Waals surface area contributed by atoms with Crippen molar-refractivity contribution >= 4 is 5.82 Å². The van der Waals surface area contributed by atoms with Crippen molar-refractivity contribution in [1.29, 1.82) is 0 Å². The smallest absolute Gasteiger partial charge is 0.133 e. The minimum atomic E-state index is 0.366. The molecule has 1 aliphatic rings. The van der Waals surface area contributed by atoms with Gasteiger partial charge in [0.1, 0.15) is 11.6 Å². The van der Waals surface area contributed by atoms with Gasteiger partial charge < -0.3 is 10.6 Å². The van der Waals surface area contributed by atoms with Gasteiger partial charge in [0.15, 0.2) is 0 Å². The molecule has 1 fully saturated rings. The van der Waals surface area contributed by atoms with E-state index >= 15 is 0 Å². The van der Waals surface area contributed by atoms with Crippen molar-refractivity contribution in [3.8, 4) is 0 Å². The molecule has 4 heteroatoms. The Hall–Kier alpha value is -1.16. The van der Waals surface area contributed by atoms with Crippen molar-refractivity contribution in [2.45, 2.75) is 52.4 Å². The summed E-state index contributed by atoms with van der Waals surface area (Å²) in [5.74, 6) is 3.44. The highest BCUT2D eigenvalue weighted by Gasteiger charge is 2.14. The zero-order valence-corrected chi connectivity index (χ0v) is 13.2. The minimum Gasteiger partial charge on any atom is -0.370 e. The average molecular weight is 276 g/mol. The molecule has 0 aromatic carbocycles. The second-order valence-corrected chi connectivity index (χ2v) is 6.44. The average Bonchev–Trinajstić information content (AvgIpc) is 2.45. The quantitative estimate of drug-likeness (QED) is 0.867.